The molecule has 0 aliphatic carbocycles. The topological polar surface area (TPSA) is 76.4 Å². The van der Waals surface area contributed by atoms with E-state index in [1.54, 1.807) is 11.7 Å². The molecule has 0 amide bonds. The SMILES string of the molecule is COc1cc(-n2ccc3cc(OC[C@@H]4CCCO4)ccc3c2=O)ccc1N1CCCN(CC(C)(C)O)CC1. The molecule has 8 heteroatoms. The summed E-state index contributed by atoms with van der Waals surface area (Å²) in [4.78, 5) is 18.1. The number of methoxy groups -OCH3 is 1. The first kappa shape index (κ1) is 26.5. The van der Waals surface area contributed by atoms with Crippen LogP contribution in [0.15, 0.2) is 53.5 Å². The molecule has 5 rings (SSSR count). The average Bonchev–Trinajstić information content (AvgIpc) is 3.32. The second-order valence-corrected chi connectivity index (χ2v) is 11.0. The molecule has 3 heterocycles. The summed E-state index contributed by atoms with van der Waals surface area (Å²) in [6.07, 6.45) is 5.07. The van der Waals surface area contributed by atoms with E-state index in [0.29, 0.717) is 18.5 Å². The Morgan fingerprint density at radius 1 is 1.05 bits per heavy atom. The van der Waals surface area contributed by atoms with E-state index in [-0.39, 0.29) is 11.7 Å². The summed E-state index contributed by atoms with van der Waals surface area (Å²) < 4.78 is 19.0. The van der Waals surface area contributed by atoms with Crippen LogP contribution in [0.4, 0.5) is 5.69 Å². The molecule has 2 saturated heterocycles. The lowest BCUT2D eigenvalue weighted by atomic mass is 10.1. The molecule has 8 nitrogen and oxygen atoms in total. The second kappa shape index (κ2) is 11.4. The average molecular weight is 522 g/mol. The Kier molecular flexibility index (Phi) is 7.93. The minimum Gasteiger partial charge on any atom is -0.495 e. The van der Waals surface area contributed by atoms with E-state index in [1.807, 2.05) is 62.5 Å². The number of hydrogen-bond donors (Lipinski definition) is 1. The van der Waals surface area contributed by atoms with Crippen LogP contribution in [0, 0.1) is 0 Å². The fraction of sp³-hybridized carbons (Fsp3) is 0.500. The van der Waals surface area contributed by atoms with Gasteiger partial charge < -0.3 is 24.2 Å². The van der Waals surface area contributed by atoms with Gasteiger partial charge in [0.15, 0.2) is 0 Å². The van der Waals surface area contributed by atoms with Gasteiger partial charge in [-0.2, -0.15) is 0 Å². The van der Waals surface area contributed by atoms with Crippen molar-refractivity contribution in [1.82, 2.24) is 9.47 Å². The van der Waals surface area contributed by atoms with Crippen molar-refractivity contribution in [3.63, 3.8) is 0 Å². The molecule has 1 atom stereocenters. The Labute approximate surface area is 224 Å². The number of aliphatic hydroxyl groups is 1. The fourth-order valence-corrected chi connectivity index (χ4v) is 5.48. The summed E-state index contributed by atoms with van der Waals surface area (Å²) in [6.45, 7) is 9.28. The van der Waals surface area contributed by atoms with Crippen molar-refractivity contribution in [2.24, 2.45) is 0 Å². The number of fused-ring (bicyclic) bond motifs is 1. The summed E-state index contributed by atoms with van der Waals surface area (Å²) in [5.41, 5.74) is 0.985. The predicted molar refractivity (Wildman–Crippen MR) is 150 cm³/mol. The first-order chi connectivity index (χ1) is 18.3. The molecule has 38 heavy (non-hydrogen) atoms. The van der Waals surface area contributed by atoms with Crippen LogP contribution >= 0.6 is 0 Å². The zero-order valence-corrected chi connectivity index (χ0v) is 22.7. The third-order valence-electron chi connectivity index (χ3n) is 7.32. The quantitative estimate of drug-likeness (QED) is 0.483. The van der Waals surface area contributed by atoms with Crippen LogP contribution in [-0.2, 0) is 4.74 Å². The maximum Gasteiger partial charge on any atom is 0.262 e. The van der Waals surface area contributed by atoms with Crippen LogP contribution in [0.5, 0.6) is 11.5 Å². The van der Waals surface area contributed by atoms with Crippen molar-refractivity contribution in [1.29, 1.82) is 0 Å². The van der Waals surface area contributed by atoms with Gasteiger partial charge in [0, 0.05) is 57.0 Å². The highest BCUT2D eigenvalue weighted by atomic mass is 16.5. The molecule has 0 radical (unpaired) electrons. The molecular formula is C30H39N3O5. The van der Waals surface area contributed by atoms with Gasteiger partial charge in [-0.05, 0) is 74.9 Å². The number of hydrogen-bond acceptors (Lipinski definition) is 7. The zero-order valence-electron chi connectivity index (χ0n) is 22.7. The minimum absolute atomic E-state index is 0.0833. The van der Waals surface area contributed by atoms with Gasteiger partial charge in [0.2, 0.25) is 0 Å². The van der Waals surface area contributed by atoms with Crippen molar-refractivity contribution in [3.05, 3.63) is 59.0 Å². The molecular weight excluding hydrogens is 482 g/mol. The van der Waals surface area contributed by atoms with Gasteiger partial charge in [-0.25, -0.2) is 0 Å². The van der Waals surface area contributed by atoms with E-state index < -0.39 is 5.60 Å². The van der Waals surface area contributed by atoms with Gasteiger partial charge in [0.25, 0.3) is 5.56 Å². The number of ether oxygens (including phenoxy) is 3. The number of benzene rings is 2. The molecule has 0 bridgehead atoms. The van der Waals surface area contributed by atoms with Crippen molar-refractivity contribution in [2.75, 3.05) is 57.9 Å². The number of pyridine rings is 1. The number of rotatable bonds is 8. The highest BCUT2D eigenvalue weighted by Crippen LogP contribution is 2.32. The Morgan fingerprint density at radius 3 is 2.68 bits per heavy atom. The lowest BCUT2D eigenvalue weighted by molar-refractivity contribution is 0.0385. The number of nitrogens with zero attached hydrogens (tertiary/aromatic N) is 3. The van der Waals surface area contributed by atoms with E-state index in [0.717, 1.165) is 80.3 Å². The minimum atomic E-state index is -0.708. The lowest BCUT2D eigenvalue weighted by Gasteiger charge is -2.28. The van der Waals surface area contributed by atoms with Crippen LogP contribution in [0.2, 0.25) is 0 Å². The summed E-state index contributed by atoms with van der Waals surface area (Å²) >= 11 is 0. The van der Waals surface area contributed by atoms with Gasteiger partial charge in [-0.15, -0.1) is 0 Å². The van der Waals surface area contributed by atoms with Gasteiger partial charge in [0.05, 0.1) is 30.2 Å². The Balaban J connectivity index is 1.34. The largest absolute Gasteiger partial charge is 0.495 e. The summed E-state index contributed by atoms with van der Waals surface area (Å²) in [7, 11) is 1.67. The first-order valence-electron chi connectivity index (χ1n) is 13.6. The molecule has 0 saturated carbocycles. The van der Waals surface area contributed by atoms with E-state index in [2.05, 4.69) is 9.80 Å². The number of β-amino-alcohol motifs (C(OH)–C–C–N with tert-alkyl or cyclic N) is 1. The monoisotopic (exact) mass is 521 g/mol. The van der Waals surface area contributed by atoms with Gasteiger partial charge >= 0.3 is 0 Å². The fourth-order valence-electron chi connectivity index (χ4n) is 5.48. The second-order valence-electron chi connectivity index (χ2n) is 11.0. The van der Waals surface area contributed by atoms with Crippen molar-refractivity contribution < 1.29 is 19.3 Å². The smallest absolute Gasteiger partial charge is 0.262 e. The Hall–Kier alpha value is -3.07. The molecule has 0 unspecified atom stereocenters. The molecule has 2 fully saturated rings. The van der Waals surface area contributed by atoms with E-state index in [9.17, 15) is 9.90 Å². The van der Waals surface area contributed by atoms with Crippen LogP contribution in [0.25, 0.3) is 16.5 Å². The van der Waals surface area contributed by atoms with Gasteiger partial charge in [0.1, 0.15) is 18.1 Å². The van der Waals surface area contributed by atoms with Crippen LogP contribution in [0.3, 0.4) is 0 Å². The van der Waals surface area contributed by atoms with Crippen molar-refractivity contribution in [3.8, 4) is 17.2 Å². The molecule has 0 spiro atoms. The highest BCUT2D eigenvalue weighted by molar-refractivity contribution is 5.83. The molecule has 1 N–H and O–H groups in total. The van der Waals surface area contributed by atoms with Crippen LogP contribution in [0.1, 0.15) is 33.1 Å². The van der Waals surface area contributed by atoms with Gasteiger partial charge in [-0.1, -0.05) is 0 Å². The maximum absolute atomic E-state index is 13.4. The van der Waals surface area contributed by atoms with Crippen LogP contribution in [-0.4, -0.2) is 79.3 Å². The standard InChI is InChI=1S/C30H39N3O5/c1-30(2,35)21-31-12-5-13-32(16-15-31)27-10-7-23(19-28(27)36-3)33-14-11-22-18-24(8-9-26(22)29(33)34)38-20-25-6-4-17-37-25/h7-11,14,18-19,25,35H,4-6,12-13,15-17,20-21H2,1-3H3/t25-/m0/s1. The zero-order chi connectivity index (χ0) is 26.7. The number of aromatic nitrogens is 1. The lowest BCUT2D eigenvalue weighted by Crippen LogP contribution is -2.40. The highest BCUT2D eigenvalue weighted by Gasteiger charge is 2.23. The van der Waals surface area contributed by atoms with Crippen molar-refractivity contribution in [2.45, 2.75) is 44.8 Å². The summed E-state index contributed by atoms with van der Waals surface area (Å²) in [5.74, 6) is 1.48. The molecule has 204 valence electrons. The molecule has 3 aromatic rings. The summed E-state index contributed by atoms with van der Waals surface area (Å²) in [5, 5.41) is 11.7. The third-order valence-corrected chi connectivity index (χ3v) is 7.32. The first-order valence-corrected chi connectivity index (χ1v) is 13.6. The Morgan fingerprint density at radius 2 is 1.92 bits per heavy atom. The molecule has 1 aromatic heterocycles. The summed E-state index contributed by atoms with van der Waals surface area (Å²) in [6, 6.07) is 13.5. The van der Waals surface area contributed by atoms with Gasteiger partial charge in [-0.3, -0.25) is 14.3 Å². The van der Waals surface area contributed by atoms with E-state index >= 15 is 0 Å². The molecule has 2 aliphatic heterocycles. The normalized spacial score (nSPS) is 19.1. The number of anilines is 1. The molecule has 2 aliphatic rings. The van der Waals surface area contributed by atoms with E-state index in [4.69, 9.17) is 14.2 Å². The third kappa shape index (κ3) is 6.14. The maximum atomic E-state index is 13.4. The Bertz CT molecular complexity index is 1310. The predicted octanol–water partition coefficient (Wildman–Crippen LogP) is 3.84. The van der Waals surface area contributed by atoms with E-state index in [1.165, 1.54) is 0 Å². The van der Waals surface area contributed by atoms with Crippen molar-refractivity contribution >= 4 is 16.5 Å². The molecule has 2 aromatic carbocycles. The van der Waals surface area contributed by atoms with Crippen LogP contribution < -0.4 is 19.9 Å².